The molecule has 26 heavy (non-hydrogen) atoms. The Bertz CT molecular complexity index is 581. The molecular weight excluding hydrogens is 330 g/mol. The number of carbonyl (C=O) groups is 1. The maximum absolute atomic E-state index is 12.8. The van der Waals surface area contributed by atoms with Gasteiger partial charge in [-0.05, 0) is 57.3 Å². The van der Waals surface area contributed by atoms with Crippen molar-refractivity contribution in [2.24, 2.45) is 23.2 Å². The summed E-state index contributed by atoms with van der Waals surface area (Å²) >= 11 is 0. The van der Waals surface area contributed by atoms with Gasteiger partial charge < -0.3 is 19.1 Å². The van der Waals surface area contributed by atoms with Crippen LogP contribution in [0, 0.1) is 23.2 Å². The topological polar surface area (TPSA) is 52.5 Å². The fourth-order valence-electron chi connectivity index (χ4n) is 7.06. The fourth-order valence-corrected chi connectivity index (χ4v) is 7.06. The number of ether oxygens (including phenoxy) is 3. The highest BCUT2D eigenvalue weighted by Crippen LogP contribution is 2.62. The Kier molecular flexibility index (Phi) is 3.97. The molecule has 3 saturated heterocycles. The lowest BCUT2D eigenvalue weighted by Crippen LogP contribution is -3.16. The molecule has 3 aliphatic heterocycles. The monoisotopic (exact) mass is 364 g/mol. The highest BCUT2D eigenvalue weighted by atomic mass is 16.6. The zero-order valence-corrected chi connectivity index (χ0v) is 16.5. The molecule has 2 saturated carbocycles. The third-order valence-corrected chi connectivity index (χ3v) is 8.20. The lowest BCUT2D eigenvalue weighted by molar-refractivity contribution is -0.917. The van der Waals surface area contributed by atoms with Crippen molar-refractivity contribution in [3.05, 3.63) is 0 Å². The molecule has 0 aromatic heterocycles. The van der Waals surface area contributed by atoms with Crippen molar-refractivity contribution in [1.82, 2.24) is 0 Å². The van der Waals surface area contributed by atoms with E-state index in [0.717, 1.165) is 39.1 Å². The van der Waals surface area contributed by atoms with Crippen LogP contribution in [0.4, 0.5) is 0 Å². The molecule has 0 bridgehead atoms. The lowest BCUT2D eigenvalue weighted by Gasteiger charge is -2.51. The minimum absolute atomic E-state index is 0.0623. The Labute approximate surface area is 156 Å². The number of rotatable bonds is 2. The molecule has 5 aliphatic rings. The van der Waals surface area contributed by atoms with Gasteiger partial charge in [0.15, 0.2) is 0 Å². The molecule has 0 amide bonds. The van der Waals surface area contributed by atoms with Crippen LogP contribution in [-0.2, 0) is 19.0 Å². The number of fused-ring (bicyclic) bond motifs is 3. The van der Waals surface area contributed by atoms with Crippen LogP contribution in [0.1, 0.15) is 52.9 Å². The largest absolute Gasteiger partial charge is 0.462 e. The highest BCUT2D eigenvalue weighted by Gasteiger charge is 2.65. The average Bonchev–Trinajstić information content (AvgIpc) is 3.25. The van der Waals surface area contributed by atoms with Crippen LogP contribution in [-0.4, -0.2) is 56.1 Å². The second-order valence-corrected chi connectivity index (χ2v) is 10.2. The number of epoxide rings is 1. The summed E-state index contributed by atoms with van der Waals surface area (Å²) in [6.07, 6.45) is 6.59. The van der Waals surface area contributed by atoms with Crippen molar-refractivity contribution >= 4 is 5.97 Å². The number of esters is 1. The molecule has 0 aromatic carbocycles. The number of morpholine rings is 1. The predicted octanol–water partition coefficient (Wildman–Crippen LogP) is 1.21. The summed E-state index contributed by atoms with van der Waals surface area (Å²) in [6.45, 7) is 10.6. The molecular formula is C21H34NO4+. The quantitative estimate of drug-likeness (QED) is 0.591. The second-order valence-electron chi connectivity index (χ2n) is 10.2. The Morgan fingerprint density at radius 1 is 1.19 bits per heavy atom. The van der Waals surface area contributed by atoms with Crippen LogP contribution >= 0.6 is 0 Å². The number of hydrogen-bond acceptors (Lipinski definition) is 4. The van der Waals surface area contributed by atoms with E-state index in [9.17, 15) is 4.79 Å². The third kappa shape index (κ3) is 2.73. The van der Waals surface area contributed by atoms with Crippen molar-refractivity contribution in [3.8, 4) is 0 Å². The lowest BCUT2D eigenvalue weighted by atomic mass is 9.53. The molecule has 0 radical (unpaired) electrons. The summed E-state index contributed by atoms with van der Waals surface area (Å²) in [5.41, 5.74) is 0.433. The number of carbonyl (C=O) groups excluding carboxylic acids is 1. The molecule has 0 unspecified atom stereocenters. The van der Waals surface area contributed by atoms with Crippen molar-refractivity contribution in [1.29, 1.82) is 0 Å². The van der Waals surface area contributed by atoms with E-state index in [-0.39, 0.29) is 35.8 Å². The minimum atomic E-state index is 0.0623. The van der Waals surface area contributed by atoms with E-state index in [4.69, 9.17) is 14.2 Å². The average molecular weight is 365 g/mol. The Morgan fingerprint density at radius 2 is 1.92 bits per heavy atom. The van der Waals surface area contributed by atoms with E-state index in [2.05, 4.69) is 20.8 Å². The van der Waals surface area contributed by atoms with Gasteiger partial charge in [-0.15, -0.1) is 0 Å². The molecule has 1 spiro atoms. The van der Waals surface area contributed by atoms with Crippen molar-refractivity contribution in [2.45, 2.75) is 76.8 Å². The van der Waals surface area contributed by atoms with E-state index in [1.54, 1.807) is 0 Å². The van der Waals surface area contributed by atoms with Gasteiger partial charge in [0, 0.05) is 5.92 Å². The Hall–Kier alpha value is -0.650. The predicted molar refractivity (Wildman–Crippen MR) is 95.8 cm³/mol. The van der Waals surface area contributed by atoms with Gasteiger partial charge in [0.1, 0.15) is 37.3 Å². The van der Waals surface area contributed by atoms with Gasteiger partial charge in [0.2, 0.25) is 0 Å². The first-order valence-corrected chi connectivity index (χ1v) is 10.7. The van der Waals surface area contributed by atoms with Gasteiger partial charge in [-0.1, -0.05) is 6.92 Å². The first kappa shape index (κ1) is 17.4. The first-order valence-electron chi connectivity index (χ1n) is 10.7. The number of quaternary nitrogens is 1. The van der Waals surface area contributed by atoms with Gasteiger partial charge in [0.25, 0.3) is 0 Å². The van der Waals surface area contributed by atoms with Crippen LogP contribution in [0.2, 0.25) is 0 Å². The van der Waals surface area contributed by atoms with Crippen LogP contribution in [0.15, 0.2) is 0 Å². The highest BCUT2D eigenvalue weighted by molar-refractivity contribution is 5.75. The molecule has 0 aromatic rings. The normalized spacial score (nSPS) is 56.0. The second kappa shape index (κ2) is 5.92. The van der Waals surface area contributed by atoms with Crippen LogP contribution in [0.3, 0.4) is 0 Å². The molecule has 2 aliphatic carbocycles. The van der Waals surface area contributed by atoms with E-state index in [1.807, 2.05) is 0 Å². The Morgan fingerprint density at radius 3 is 2.62 bits per heavy atom. The fraction of sp³-hybridized carbons (Fsp3) is 0.952. The van der Waals surface area contributed by atoms with Crippen LogP contribution in [0.25, 0.3) is 0 Å². The van der Waals surface area contributed by atoms with Gasteiger partial charge in [0.05, 0.1) is 18.8 Å². The zero-order chi connectivity index (χ0) is 18.1. The summed E-state index contributed by atoms with van der Waals surface area (Å²) < 4.78 is 17.8. The molecule has 8 atom stereocenters. The summed E-state index contributed by atoms with van der Waals surface area (Å²) in [4.78, 5) is 14.3. The smallest absolute Gasteiger partial charge is 0.315 e. The van der Waals surface area contributed by atoms with E-state index in [0.29, 0.717) is 17.3 Å². The maximum Gasteiger partial charge on any atom is 0.315 e. The maximum atomic E-state index is 12.8. The molecule has 5 rings (SSSR count). The summed E-state index contributed by atoms with van der Waals surface area (Å²) in [5, 5.41) is 0. The molecule has 1 N–H and O–H groups in total. The van der Waals surface area contributed by atoms with Crippen molar-refractivity contribution in [2.75, 3.05) is 26.2 Å². The Balaban J connectivity index is 1.34. The SMILES string of the molecule is C[C@H]1C[NH+](C[C@H]2C(=O)O[C@@H]3C[C@@]4(C)CCC[C@@]5(CO5)[C@@H]4C[C@@H]32)C[C@H](C)O1. The van der Waals surface area contributed by atoms with Crippen molar-refractivity contribution in [3.63, 3.8) is 0 Å². The number of hydrogen-bond donors (Lipinski definition) is 1. The van der Waals surface area contributed by atoms with E-state index in [1.165, 1.54) is 24.2 Å². The van der Waals surface area contributed by atoms with Crippen molar-refractivity contribution < 1.29 is 23.9 Å². The first-order chi connectivity index (χ1) is 12.4. The summed E-state index contributed by atoms with van der Waals surface area (Å²) in [5.74, 6) is 1.13. The van der Waals surface area contributed by atoms with Crippen LogP contribution in [0.5, 0.6) is 0 Å². The van der Waals surface area contributed by atoms with Gasteiger partial charge >= 0.3 is 5.97 Å². The number of nitrogens with one attached hydrogen (secondary N) is 1. The molecule has 146 valence electrons. The van der Waals surface area contributed by atoms with Gasteiger partial charge in [-0.2, -0.15) is 0 Å². The molecule has 5 fully saturated rings. The molecule has 3 heterocycles. The van der Waals surface area contributed by atoms with Gasteiger partial charge in [-0.25, -0.2) is 0 Å². The standard InChI is InChI=1S/C21H33NO4/c1-13-9-22(10-14(2)25-13)11-16-15-7-18-20(3,8-17(15)26-19(16)23)5-4-6-21(18)12-24-21/h13-18H,4-12H2,1-3H3/p+1/t13-,14-,15+,16+,17+,18+,20+,21+/m0/s1. The molecule has 5 nitrogen and oxygen atoms in total. The zero-order valence-electron chi connectivity index (χ0n) is 16.5. The minimum Gasteiger partial charge on any atom is -0.462 e. The third-order valence-electron chi connectivity index (χ3n) is 8.20. The summed E-state index contributed by atoms with van der Waals surface area (Å²) in [7, 11) is 0. The molecule has 5 heteroatoms. The van der Waals surface area contributed by atoms with Crippen LogP contribution < -0.4 is 4.90 Å². The summed E-state index contributed by atoms with van der Waals surface area (Å²) in [6, 6.07) is 0. The van der Waals surface area contributed by atoms with E-state index >= 15 is 0 Å². The van der Waals surface area contributed by atoms with Gasteiger partial charge in [-0.3, -0.25) is 4.79 Å². The van der Waals surface area contributed by atoms with E-state index < -0.39 is 0 Å².